The highest BCUT2D eigenvalue weighted by molar-refractivity contribution is 6.09. The zero-order valence-electron chi connectivity index (χ0n) is 21.3. The number of hydrogen-bond acceptors (Lipinski definition) is 4. The summed E-state index contributed by atoms with van der Waals surface area (Å²) in [5.74, 6) is 0.0217. The molecule has 0 bridgehead atoms. The van der Waals surface area contributed by atoms with Gasteiger partial charge in [-0.05, 0) is 104 Å². The fourth-order valence-electron chi connectivity index (χ4n) is 4.70. The normalized spacial score (nSPS) is 12.8. The number of carboxylic acids is 1. The zero-order valence-corrected chi connectivity index (χ0v) is 21.3. The number of aryl methyl sites for hydroxylation is 3. The highest BCUT2D eigenvalue weighted by Crippen LogP contribution is 2.43. The van der Waals surface area contributed by atoms with Gasteiger partial charge in [0.2, 0.25) is 0 Å². The monoisotopic (exact) mass is 471 g/mol. The summed E-state index contributed by atoms with van der Waals surface area (Å²) in [6.07, 6.45) is 2.67. The van der Waals surface area contributed by atoms with Crippen LogP contribution < -0.4 is 4.74 Å². The van der Waals surface area contributed by atoms with Gasteiger partial charge in [-0.1, -0.05) is 18.2 Å². The highest BCUT2D eigenvalue weighted by atomic mass is 16.5. The van der Waals surface area contributed by atoms with E-state index >= 15 is 0 Å². The van der Waals surface area contributed by atoms with E-state index < -0.39 is 11.6 Å². The minimum absolute atomic E-state index is 0.0243. The second-order valence-electron chi connectivity index (χ2n) is 10.3. The number of benzene rings is 3. The van der Waals surface area contributed by atoms with E-state index in [1.165, 1.54) is 16.7 Å². The van der Waals surface area contributed by atoms with Crippen LogP contribution in [0.15, 0.2) is 42.6 Å². The van der Waals surface area contributed by atoms with Gasteiger partial charge >= 0.3 is 5.97 Å². The highest BCUT2D eigenvalue weighted by Gasteiger charge is 2.22. The summed E-state index contributed by atoms with van der Waals surface area (Å²) in [7, 11) is 0. The molecule has 0 unspecified atom stereocenters. The third-order valence-corrected chi connectivity index (χ3v) is 6.36. The first-order valence-corrected chi connectivity index (χ1v) is 12.0. The van der Waals surface area contributed by atoms with E-state index in [9.17, 15) is 9.90 Å². The average molecular weight is 472 g/mol. The number of pyridine rings is 1. The predicted molar refractivity (Wildman–Crippen MR) is 141 cm³/mol. The molecule has 2 heterocycles. The van der Waals surface area contributed by atoms with E-state index in [1.807, 2.05) is 25.3 Å². The lowest BCUT2D eigenvalue weighted by Crippen LogP contribution is -2.10. The Hall–Kier alpha value is -3.44. The van der Waals surface area contributed by atoms with Crippen LogP contribution in [0.3, 0.4) is 0 Å². The first-order valence-electron chi connectivity index (χ1n) is 12.0. The van der Waals surface area contributed by atoms with Gasteiger partial charge in [0.25, 0.3) is 0 Å². The first kappa shape index (κ1) is 24.7. The number of aromatic nitrogens is 1. The lowest BCUT2D eigenvalue weighted by atomic mass is 9.85. The lowest BCUT2D eigenvalue weighted by Gasteiger charge is -2.22. The van der Waals surface area contributed by atoms with Crippen molar-refractivity contribution in [2.75, 3.05) is 6.61 Å². The Balaban J connectivity index is 0.000000527. The molecule has 5 rings (SSSR count). The van der Waals surface area contributed by atoms with Gasteiger partial charge in [0.05, 0.1) is 24.1 Å². The minimum atomic E-state index is -0.832. The van der Waals surface area contributed by atoms with Crippen molar-refractivity contribution in [2.45, 2.75) is 60.0 Å². The Morgan fingerprint density at radius 2 is 1.74 bits per heavy atom. The number of carboxylic acid groups (broad SMARTS) is 1. The molecule has 0 radical (unpaired) electrons. The van der Waals surface area contributed by atoms with Crippen molar-refractivity contribution in [3.8, 4) is 16.9 Å². The molecular weight excluding hydrogens is 438 g/mol. The summed E-state index contributed by atoms with van der Waals surface area (Å²) in [4.78, 5) is 16.5. The van der Waals surface area contributed by atoms with E-state index in [1.54, 1.807) is 20.8 Å². The number of aliphatic carboxylic acids is 1. The van der Waals surface area contributed by atoms with Crippen molar-refractivity contribution in [3.05, 3.63) is 70.4 Å². The van der Waals surface area contributed by atoms with E-state index in [0.29, 0.717) is 6.61 Å². The van der Waals surface area contributed by atoms with Gasteiger partial charge in [0, 0.05) is 23.6 Å². The zero-order chi connectivity index (χ0) is 25.5. The van der Waals surface area contributed by atoms with E-state index in [2.05, 4.69) is 38.1 Å². The molecule has 0 fully saturated rings. The van der Waals surface area contributed by atoms with Crippen LogP contribution in [-0.4, -0.2) is 33.4 Å². The van der Waals surface area contributed by atoms with Crippen LogP contribution in [0.4, 0.5) is 0 Å². The molecular formula is C30H33NO4. The van der Waals surface area contributed by atoms with Crippen molar-refractivity contribution in [1.82, 2.24) is 4.98 Å². The van der Waals surface area contributed by atoms with Crippen LogP contribution in [0.1, 0.15) is 48.6 Å². The molecule has 1 aliphatic heterocycles. The Morgan fingerprint density at radius 1 is 1.03 bits per heavy atom. The van der Waals surface area contributed by atoms with Gasteiger partial charge in [0.15, 0.2) is 0 Å². The maximum absolute atomic E-state index is 11.8. The molecule has 0 atom stereocenters. The van der Waals surface area contributed by atoms with Gasteiger partial charge in [-0.25, -0.2) is 0 Å². The molecule has 1 aromatic heterocycles. The molecule has 0 spiro atoms. The molecule has 0 saturated heterocycles. The van der Waals surface area contributed by atoms with Crippen LogP contribution in [0, 0.1) is 20.8 Å². The summed E-state index contributed by atoms with van der Waals surface area (Å²) >= 11 is 0. The van der Waals surface area contributed by atoms with Crippen LogP contribution >= 0.6 is 0 Å². The standard InChI is InChI=1S/C26H23NO3.C4H10O/c1-14-4-5-18-21(16(14)3)12-15(2)20(13-23(28)29)25(18)19-6-7-22-24-17(9-11-30-22)8-10-27-26(19)24;1-4(2,3)5/h4-8,10,12H,9,11,13H2,1-3H3,(H,28,29);5H,1-3H3. The van der Waals surface area contributed by atoms with Crippen molar-refractivity contribution in [2.24, 2.45) is 0 Å². The maximum Gasteiger partial charge on any atom is 0.307 e. The largest absolute Gasteiger partial charge is 0.493 e. The number of aliphatic hydroxyl groups is 1. The Kier molecular flexibility index (Phi) is 6.56. The Labute approximate surface area is 206 Å². The van der Waals surface area contributed by atoms with E-state index in [0.717, 1.165) is 56.1 Å². The van der Waals surface area contributed by atoms with Gasteiger partial charge < -0.3 is 14.9 Å². The molecule has 0 amide bonds. The van der Waals surface area contributed by atoms with E-state index in [4.69, 9.17) is 14.8 Å². The Morgan fingerprint density at radius 3 is 2.43 bits per heavy atom. The maximum atomic E-state index is 11.8. The topological polar surface area (TPSA) is 79.7 Å². The van der Waals surface area contributed by atoms with Crippen molar-refractivity contribution in [1.29, 1.82) is 0 Å². The second kappa shape index (κ2) is 9.31. The molecule has 3 aromatic carbocycles. The minimum Gasteiger partial charge on any atom is -0.493 e. The molecule has 0 saturated carbocycles. The summed E-state index contributed by atoms with van der Waals surface area (Å²) in [5.41, 5.74) is 7.82. The number of nitrogens with zero attached hydrogens (tertiary/aromatic N) is 1. The molecule has 35 heavy (non-hydrogen) atoms. The van der Waals surface area contributed by atoms with Crippen LogP contribution in [0.5, 0.6) is 5.75 Å². The van der Waals surface area contributed by atoms with Crippen LogP contribution in [0.25, 0.3) is 32.8 Å². The number of rotatable bonds is 3. The van der Waals surface area contributed by atoms with Gasteiger partial charge in [-0.15, -0.1) is 0 Å². The molecule has 5 heteroatoms. The van der Waals surface area contributed by atoms with Crippen molar-refractivity contribution >= 4 is 27.6 Å². The molecule has 1 aliphatic rings. The number of carbonyl (C=O) groups is 1. The van der Waals surface area contributed by atoms with Crippen molar-refractivity contribution in [3.63, 3.8) is 0 Å². The smallest absolute Gasteiger partial charge is 0.307 e. The summed E-state index contributed by atoms with van der Waals surface area (Å²) in [6.45, 7) is 12.1. The summed E-state index contributed by atoms with van der Waals surface area (Å²) < 4.78 is 5.89. The molecule has 0 aliphatic carbocycles. The fourth-order valence-corrected chi connectivity index (χ4v) is 4.70. The predicted octanol–water partition coefficient (Wildman–Crippen LogP) is 6.32. The number of hydrogen-bond donors (Lipinski definition) is 2. The third kappa shape index (κ3) is 5.01. The van der Waals surface area contributed by atoms with Gasteiger partial charge in [-0.3, -0.25) is 9.78 Å². The van der Waals surface area contributed by atoms with E-state index in [-0.39, 0.29) is 6.42 Å². The quantitative estimate of drug-likeness (QED) is 0.365. The molecule has 5 nitrogen and oxygen atoms in total. The lowest BCUT2D eigenvalue weighted by molar-refractivity contribution is -0.136. The Bertz CT molecular complexity index is 1430. The fraction of sp³-hybridized carbons (Fsp3) is 0.333. The second-order valence-corrected chi connectivity index (χ2v) is 10.3. The third-order valence-electron chi connectivity index (χ3n) is 6.36. The van der Waals surface area contributed by atoms with Crippen LogP contribution in [-0.2, 0) is 17.6 Å². The number of ether oxygens (including phenoxy) is 1. The summed E-state index contributed by atoms with van der Waals surface area (Å²) in [5, 5.41) is 21.4. The molecule has 182 valence electrons. The SMILES string of the molecule is CC(C)(C)O.Cc1cc2c(C)c(C)ccc2c(-c2ccc3c4c(ccnc24)CCO3)c1CC(=O)O. The molecule has 2 N–H and O–H groups in total. The molecule has 4 aromatic rings. The van der Waals surface area contributed by atoms with Crippen LogP contribution in [0.2, 0.25) is 0 Å². The van der Waals surface area contributed by atoms with Gasteiger partial charge in [-0.2, -0.15) is 0 Å². The average Bonchev–Trinajstić information content (AvgIpc) is 2.77. The summed E-state index contributed by atoms with van der Waals surface area (Å²) in [6, 6.07) is 12.4. The van der Waals surface area contributed by atoms with Crippen molar-refractivity contribution < 1.29 is 19.7 Å². The number of fused-ring (bicyclic) bond motifs is 1. The van der Waals surface area contributed by atoms with Gasteiger partial charge in [0.1, 0.15) is 5.75 Å². The first-order chi connectivity index (χ1) is 16.5.